The largest absolute Gasteiger partial charge is 0.340 e. The summed E-state index contributed by atoms with van der Waals surface area (Å²) in [7, 11) is -3.77. The molecule has 1 N–H and O–H groups in total. The van der Waals surface area contributed by atoms with Crippen molar-refractivity contribution in [3.05, 3.63) is 28.2 Å². The van der Waals surface area contributed by atoms with Gasteiger partial charge in [-0.2, -0.15) is 4.31 Å². The molecule has 0 saturated carbocycles. The second-order valence-electron chi connectivity index (χ2n) is 5.97. The van der Waals surface area contributed by atoms with Crippen molar-refractivity contribution in [2.45, 2.75) is 11.3 Å². The average molecular weight is 429 g/mol. The van der Waals surface area contributed by atoms with Crippen LogP contribution in [-0.2, 0) is 14.8 Å². The van der Waals surface area contributed by atoms with E-state index in [-0.39, 0.29) is 52.3 Å². The minimum atomic E-state index is -3.77. The second-order valence-corrected chi connectivity index (χ2v) is 8.66. The van der Waals surface area contributed by atoms with Gasteiger partial charge in [-0.15, -0.1) is 12.4 Å². The van der Waals surface area contributed by atoms with Crippen molar-refractivity contribution in [2.75, 3.05) is 39.3 Å². The Morgan fingerprint density at radius 3 is 2.24 bits per heavy atom. The summed E-state index contributed by atoms with van der Waals surface area (Å²) in [6.45, 7) is 2.82. The van der Waals surface area contributed by atoms with Crippen LogP contribution in [0, 0.1) is 5.92 Å². The molecule has 3 rings (SSSR count). The highest BCUT2D eigenvalue weighted by Gasteiger charge is 2.35. The predicted molar refractivity (Wildman–Crippen MR) is 100 cm³/mol. The van der Waals surface area contributed by atoms with Crippen LogP contribution in [0.3, 0.4) is 0 Å². The molecule has 0 aliphatic carbocycles. The number of hydrogen-bond donors (Lipinski definition) is 1. The number of nitrogens with one attached hydrogen (secondary N) is 1. The van der Waals surface area contributed by atoms with E-state index < -0.39 is 10.0 Å². The summed E-state index contributed by atoms with van der Waals surface area (Å²) >= 11 is 12.1. The molecule has 2 heterocycles. The van der Waals surface area contributed by atoms with E-state index in [9.17, 15) is 13.2 Å². The van der Waals surface area contributed by atoms with Gasteiger partial charge < -0.3 is 10.2 Å². The minimum absolute atomic E-state index is 0. The Hall–Kier alpha value is -0.570. The first-order valence-corrected chi connectivity index (χ1v) is 10.0. The maximum atomic E-state index is 12.8. The normalized spacial score (nSPS) is 21.8. The number of amides is 1. The molecule has 0 radical (unpaired) electrons. The zero-order valence-electron chi connectivity index (χ0n) is 13.5. The van der Waals surface area contributed by atoms with E-state index >= 15 is 0 Å². The number of benzene rings is 1. The van der Waals surface area contributed by atoms with Crippen molar-refractivity contribution in [1.82, 2.24) is 14.5 Å². The molecule has 2 aliphatic heterocycles. The Bertz CT molecular complexity index is 711. The number of hydrogen-bond acceptors (Lipinski definition) is 4. The standard InChI is InChI=1S/C15H19Cl2N3O3S.ClH/c16-12-2-1-3-13(17)14(12)24(22,23)20-8-6-19(7-9-20)15(21)11-4-5-18-10-11;/h1-3,11,18H,4-10H2;1H. The van der Waals surface area contributed by atoms with Crippen LogP contribution in [0.5, 0.6) is 0 Å². The molecule has 0 aromatic heterocycles. The fraction of sp³-hybridized carbons (Fsp3) is 0.533. The number of nitrogens with zero attached hydrogens (tertiary/aromatic N) is 2. The Balaban J connectivity index is 0.00000225. The molecule has 10 heteroatoms. The first-order valence-electron chi connectivity index (χ1n) is 7.85. The number of rotatable bonds is 3. The van der Waals surface area contributed by atoms with Gasteiger partial charge in [0.2, 0.25) is 15.9 Å². The van der Waals surface area contributed by atoms with E-state index in [1.165, 1.54) is 16.4 Å². The first-order chi connectivity index (χ1) is 11.4. The molecule has 1 aromatic rings. The van der Waals surface area contributed by atoms with Gasteiger partial charge in [-0.3, -0.25) is 4.79 Å². The highest BCUT2D eigenvalue weighted by atomic mass is 35.5. The van der Waals surface area contributed by atoms with Gasteiger partial charge in [-0.05, 0) is 25.1 Å². The minimum Gasteiger partial charge on any atom is -0.340 e. The van der Waals surface area contributed by atoms with Crippen LogP contribution in [-0.4, -0.2) is 62.8 Å². The van der Waals surface area contributed by atoms with E-state index in [1.54, 1.807) is 11.0 Å². The molecule has 6 nitrogen and oxygen atoms in total. The number of piperazine rings is 1. The SMILES string of the molecule is Cl.O=C(C1CCNC1)N1CCN(S(=O)(=O)c2c(Cl)cccc2Cl)CC1. The van der Waals surface area contributed by atoms with E-state index in [2.05, 4.69) is 5.32 Å². The van der Waals surface area contributed by atoms with Crippen LogP contribution >= 0.6 is 35.6 Å². The van der Waals surface area contributed by atoms with Crippen molar-refractivity contribution in [1.29, 1.82) is 0 Å². The van der Waals surface area contributed by atoms with Gasteiger partial charge in [0.15, 0.2) is 0 Å². The first kappa shape index (κ1) is 20.7. The van der Waals surface area contributed by atoms with Gasteiger partial charge in [-0.1, -0.05) is 29.3 Å². The summed E-state index contributed by atoms with van der Waals surface area (Å²) in [6.07, 6.45) is 0.840. The highest BCUT2D eigenvalue weighted by molar-refractivity contribution is 7.89. The predicted octanol–water partition coefficient (Wildman–Crippen LogP) is 1.86. The van der Waals surface area contributed by atoms with Crippen molar-refractivity contribution in [2.24, 2.45) is 5.92 Å². The molecule has 1 aromatic carbocycles. The maximum absolute atomic E-state index is 12.8. The van der Waals surface area contributed by atoms with Crippen molar-refractivity contribution in [3.8, 4) is 0 Å². The Labute approximate surface area is 163 Å². The molecule has 140 valence electrons. The molecule has 2 aliphatic rings. The quantitative estimate of drug-likeness (QED) is 0.798. The molecule has 1 amide bonds. The van der Waals surface area contributed by atoms with Gasteiger partial charge in [0.05, 0.1) is 16.0 Å². The topological polar surface area (TPSA) is 69.7 Å². The molecule has 25 heavy (non-hydrogen) atoms. The van der Waals surface area contributed by atoms with Gasteiger partial charge >= 0.3 is 0 Å². The third-order valence-corrected chi connectivity index (χ3v) is 7.33. The summed E-state index contributed by atoms with van der Waals surface area (Å²) in [5, 5.41) is 3.39. The molecule has 1 unspecified atom stereocenters. The van der Waals surface area contributed by atoms with Crippen LogP contribution in [0.1, 0.15) is 6.42 Å². The molecule has 0 bridgehead atoms. The molecule has 1 atom stereocenters. The number of carbonyl (C=O) groups is 1. The Kier molecular flexibility index (Phi) is 6.98. The zero-order valence-corrected chi connectivity index (χ0v) is 16.6. The number of halogens is 3. The lowest BCUT2D eigenvalue weighted by Crippen LogP contribution is -2.52. The molecular formula is C15H20Cl3N3O3S. The number of sulfonamides is 1. The summed E-state index contributed by atoms with van der Waals surface area (Å²) in [4.78, 5) is 14.1. The molecule has 2 fully saturated rings. The highest BCUT2D eigenvalue weighted by Crippen LogP contribution is 2.32. The average Bonchev–Trinajstić information content (AvgIpc) is 3.08. The lowest BCUT2D eigenvalue weighted by molar-refractivity contribution is -0.136. The van der Waals surface area contributed by atoms with Crippen LogP contribution < -0.4 is 5.32 Å². The van der Waals surface area contributed by atoms with Crippen LogP contribution in [0.25, 0.3) is 0 Å². The lowest BCUT2D eigenvalue weighted by Gasteiger charge is -2.35. The molecule has 0 spiro atoms. The smallest absolute Gasteiger partial charge is 0.246 e. The van der Waals surface area contributed by atoms with E-state index in [4.69, 9.17) is 23.2 Å². The summed E-state index contributed by atoms with van der Waals surface area (Å²) in [5.41, 5.74) is 0. The maximum Gasteiger partial charge on any atom is 0.246 e. The zero-order chi connectivity index (χ0) is 17.3. The Morgan fingerprint density at radius 2 is 1.72 bits per heavy atom. The van der Waals surface area contributed by atoms with Crippen LogP contribution in [0.2, 0.25) is 10.0 Å². The lowest BCUT2D eigenvalue weighted by atomic mass is 10.1. The molecular weight excluding hydrogens is 409 g/mol. The monoisotopic (exact) mass is 427 g/mol. The fourth-order valence-corrected chi connectivity index (χ4v) is 5.64. The summed E-state index contributed by atoms with van der Waals surface area (Å²) in [6, 6.07) is 4.62. The Morgan fingerprint density at radius 1 is 1.12 bits per heavy atom. The summed E-state index contributed by atoms with van der Waals surface area (Å²) < 4.78 is 27.0. The van der Waals surface area contributed by atoms with Gasteiger partial charge in [-0.25, -0.2) is 8.42 Å². The van der Waals surface area contributed by atoms with Crippen LogP contribution in [0.15, 0.2) is 23.1 Å². The van der Waals surface area contributed by atoms with Gasteiger partial charge in [0, 0.05) is 32.7 Å². The summed E-state index contributed by atoms with van der Waals surface area (Å²) in [5.74, 6) is 0.110. The fourth-order valence-electron chi connectivity index (χ4n) is 3.13. The number of carbonyl (C=O) groups excluding carboxylic acids is 1. The van der Waals surface area contributed by atoms with Crippen molar-refractivity contribution in [3.63, 3.8) is 0 Å². The second kappa shape index (κ2) is 8.41. The molecule has 2 saturated heterocycles. The van der Waals surface area contributed by atoms with E-state index in [0.717, 1.165) is 13.0 Å². The third kappa shape index (κ3) is 4.23. The van der Waals surface area contributed by atoms with Gasteiger partial charge in [0.25, 0.3) is 0 Å². The van der Waals surface area contributed by atoms with E-state index in [1.807, 2.05) is 0 Å². The van der Waals surface area contributed by atoms with Gasteiger partial charge in [0.1, 0.15) is 4.90 Å². The van der Waals surface area contributed by atoms with Crippen molar-refractivity contribution < 1.29 is 13.2 Å². The third-order valence-electron chi connectivity index (χ3n) is 4.48. The van der Waals surface area contributed by atoms with Crippen LogP contribution in [0.4, 0.5) is 0 Å². The van der Waals surface area contributed by atoms with E-state index in [0.29, 0.717) is 19.6 Å². The van der Waals surface area contributed by atoms with Crippen molar-refractivity contribution >= 4 is 51.5 Å².